The first kappa shape index (κ1) is 19.6. The number of ether oxygens (including phenoxy) is 1. The molecule has 8 heteroatoms. The molecular weight excluding hydrogens is 364 g/mol. The lowest BCUT2D eigenvalue weighted by Gasteiger charge is -2.27. The fraction of sp³-hybridized carbons (Fsp3) is 0.474. The molecule has 27 heavy (non-hydrogen) atoms. The molecule has 0 saturated carbocycles. The van der Waals surface area contributed by atoms with E-state index in [-0.39, 0.29) is 18.5 Å². The molecule has 0 saturated heterocycles. The molecule has 3 rings (SSSR count). The molecule has 2 aromatic heterocycles. The molecule has 3 aromatic rings. The van der Waals surface area contributed by atoms with Gasteiger partial charge < -0.3 is 14.9 Å². The van der Waals surface area contributed by atoms with Crippen LogP contribution in [0.15, 0.2) is 24.3 Å². The molecule has 2 heterocycles. The van der Waals surface area contributed by atoms with Crippen molar-refractivity contribution in [2.45, 2.75) is 32.7 Å². The van der Waals surface area contributed by atoms with E-state index >= 15 is 0 Å². The Morgan fingerprint density at radius 2 is 2.00 bits per heavy atom. The molecule has 1 atom stereocenters. The third-order valence-electron chi connectivity index (χ3n) is 4.37. The van der Waals surface area contributed by atoms with Crippen LogP contribution in [0, 0.1) is 0 Å². The smallest absolute Gasteiger partial charge is 0.230 e. The molecule has 0 fully saturated rings. The summed E-state index contributed by atoms with van der Waals surface area (Å²) in [5.41, 5.74) is 1.00. The summed E-state index contributed by atoms with van der Waals surface area (Å²) >= 11 is 1.42. The summed E-state index contributed by atoms with van der Waals surface area (Å²) in [5.74, 6) is 1.63. The van der Waals surface area contributed by atoms with Crippen molar-refractivity contribution in [3.05, 3.63) is 40.5 Å². The first-order valence-corrected chi connectivity index (χ1v) is 10.0. The van der Waals surface area contributed by atoms with Gasteiger partial charge in [-0.1, -0.05) is 37.3 Å². The number of hydrogen-bond acceptors (Lipinski definition) is 7. The number of aromatic hydroxyl groups is 1. The Morgan fingerprint density at radius 3 is 2.59 bits per heavy atom. The lowest BCUT2D eigenvalue weighted by atomic mass is 10.0. The van der Waals surface area contributed by atoms with Gasteiger partial charge in [0.1, 0.15) is 5.75 Å². The van der Waals surface area contributed by atoms with Crippen molar-refractivity contribution in [1.82, 2.24) is 19.5 Å². The fourth-order valence-electron chi connectivity index (χ4n) is 2.98. The second-order valence-corrected chi connectivity index (χ2v) is 7.40. The number of aromatic nitrogens is 3. The monoisotopic (exact) mass is 390 g/mol. The standard InChI is InChI=1S/C19H26N4O3S/c1-4-12-26-14-8-6-13(7-9-14)16(22(3)10-11-24)17-18(25)23-19(27-17)20-15(5-2)21-23/h6-9,16,24-25H,4-5,10-12H2,1-3H3. The number of aryl methyl sites for hydroxylation is 1. The van der Waals surface area contributed by atoms with E-state index in [0.29, 0.717) is 23.9 Å². The Bertz CT molecular complexity index is 875. The van der Waals surface area contributed by atoms with Crippen LogP contribution in [0.5, 0.6) is 11.6 Å². The van der Waals surface area contributed by atoms with Gasteiger partial charge in [-0.25, -0.2) is 4.98 Å². The summed E-state index contributed by atoms with van der Waals surface area (Å²) in [5, 5.41) is 24.5. The van der Waals surface area contributed by atoms with Crippen LogP contribution in [-0.4, -0.2) is 56.5 Å². The number of hydrogen-bond donors (Lipinski definition) is 2. The summed E-state index contributed by atoms with van der Waals surface area (Å²) in [6, 6.07) is 7.66. The first-order chi connectivity index (χ1) is 13.1. The maximum absolute atomic E-state index is 10.8. The van der Waals surface area contributed by atoms with E-state index in [2.05, 4.69) is 17.0 Å². The molecule has 7 nitrogen and oxygen atoms in total. The van der Waals surface area contributed by atoms with Crippen molar-refractivity contribution in [3.63, 3.8) is 0 Å². The molecule has 0 spiro atoms. The highest BCUT2D eigenvalue weighted by atomic mass is 32.1. The predicted octanol–water partition coefficient (Wildman–Crippen LogP) is 2.86. The number of nitrogens with zero attached hydrogens (tertiary/aromatic N) is 4. The quantitative estimate of drug-likeness (QED) is 0.585. The van der Waals surface area contributed by atoms with E-state index in [4.69, 9.17) is 4.74 Å². The van der Waals surface area contributed by atoms with Gasteiger partial charge in [0.25, 0.3) is 0 Å². The van der Waals surface area contributed by atoms with Gasteiger partial charge in [0.2, 0.25) is 10.8 Å². The van der Waals surface area contributed by atoms with Crippen molar-refractivity contribution >= 4 is 16.3 Å². The number of rotatable bonds is 9. The second-order valence-electron chi connectivity index (χ2n) is 6.39. The predicted molar refractivity (Wildman–Crippen MR) is 106 cm³/mol. The molecule has 1 unspecified atom stereocenters. The maximum Gasteiger partial charge on any atom is 0.230 e. The largest absolute Gasteiger partial charge is 0.494 e. The minimum absolute atomic E-state index is 0.0339. The van der Waals surface area contributed by atoms with Crippen LogP contribution in [-0.2, 0) is 6.42 Å². The van der Waals surface area contributed by atoms with E-state index in [1.807, 2.05) is 43.1 Å². The van der Waals surface area contributed by atoms with Crippen LogP contribution in [0.3, 0.4) is 0 Å². The summed E-state index contributed by atoms with van der Waals surface area (Å²) in [6.45, 7) is 5.25. The topological polar surface area (TPSA) is 83.1 Å². The van der Waals surface area contributed by atoms with Crippen LogP contribution >= 0.6 is 11.3 Å². The normalized spacial score (nSPS) is 12.8. The van der Waals surface area contributed by atoms with Gasteiger partial charge in [-0.3, -0.25) is 4.90 Å². The number of benzene rings is 1. The number of likely N-dealkylation sites (N-methyl/N-ethyl adjacent to an activating group) is 1. The van der Waals surface area contributed by atoms with Crippen LogP contribution in [0.2, 0.25) is 0 Å². The zero-order chi connectivity index (χ0) is 19.4. The van der Waals surface area contributed by atoms with Gasteiger partial charge in [-0.15, -0.1) is 5.10 Å². The lowest BCUT2D eigenvalue weighted by Crippen LogP contribution is -2.28. The van der Waals surface area contributed by atoms with E-state index in [0.717, 1.165) is 29.0 Å². The van der Waals surface area contributed by atoms with Crippen molar-refractivity contribution < 1.29 is 14.9 Å². The summed E-state index contributed by atoms with van der Waals surface area (Å²) in [6.07, 6.45) is 1.68. The molecule has 0 amide bonds. The Kier molecular flexibility index (Phi) is 6.30. The number of fused-ring (bicyclic) bond motifs is 1. The summed E-state index contributed by atoms with van der Waals surface area (Å²) in [7, 11) is 1.93. The van der Waals surface area contributed by atoms with Crippen molar-refractivity contribution in [1.29, 1.82) is 0 Å². The van der Waals surface area contributed by atoms with Gasteiger partial charge >= 0.3 is 0 Å². The van der Waals surface area contributed by atoms with Gasteiger partial charge in [0, 0.05) is 13.0 Å². The zero-order valence-corrected chi connectivity index (χ0v) is 16.7. The average molecular weight is 391 g/mol. The van der Waals surface area contributed by atoms with E-state index in [1.165, 1.54) is 15.9 Å². The Balaban J connectivity index is 1.98. The van der Waals surface area contributed by atoms with Crippen LogP contribution in [0.1, 0.15) is 42.6 Å². The number of aliphatic hydroxyl groups is 1. The summed E-state index contributed by atoms with van der Waals surface area (Å²) in [4.78, 5) is 7.90. The highest BCUT2D eigenvalue weighted by molar-refractivity contribution is 7.17. The molecule has 1 aromatic carbocycles. The second kappa shape index (κ2) is 8.69. The molecule has 2 N–H and O–H groups in total. The molecule has 0 bridgehead atoms. The molecule has 0 aliphatic heterocycles. The molecule has 0 aliphatic carbocycles. The van der Waals surface area contributed by atoms with Crippen molar-refractivity contribution in [3.8, 4) is 11.6 Å². The van der Waals surface area contributed by atoms with Crippen LogP contribution in [0.4, 0.5) is 0 Å². The highest BCUT2D eigenvalue weighted by Gasteiger charge is 2.27. The zero-order valence-electron chi connectivity index (χ0n) is 15.9. The Morgan fingerprint density at radius 1 is 1.26 bits per heavy atom. The van der Waals surface area contributed by atoms with Gasteiger partial charge in [-0.05, 0) is 31.2 Å². The number of aliphatic hydroxyl groups excluding tert-OH is 1. The van der Waals surface area contributed by atoms with Crippen molar-refractivity contribution in [2.24, 2.45) is 0 Å². The lowest BCUT2D eigenvalue weighted by molar-refractivity contribution is 0.196. The van der Waals surface area contributed by atoms with E-state index < -0.39 is 0 Å². The minimum atomic E-state index is -0.212. The Hall–Kier alpha value is -2.16. The van der Waals surface area contributed by atoms with Gasteiger partial charge in [0.05, 0.1) is 24.1 Å². The first-order valence-electron chi connectivity index (χ1n) is 9.20. The van der Waals surface area contributed by atoms with Gasteiger partial charge in [0.15, 0.2) is 5.82 Å². The summed E-state index contributed by atoms with van der Waals surface area (Å²) < 4.78 is 7.16. The SMILES string of the molecule is CCCOc1ccc(C(c2sc3nc(CC)nn3c2O)N(C)CCO)cc1. The third kappa shape index (κ3) is 4.07. The minimum Gasteiger partial charge on any atom is -0.494 e. The van der Waals surface area contributed by atoms with E-state index in [1.54, 1.807) is 0 Å². The van der Waals surface area contributed by atoms with Crippen LogP contribution < -0.4 is 4.74 Å². The Labute approximate surface area is 162 Å². The third-order valence-corrected chi connectivity index (χ3v) is 5.44. The van der Waals surface area contributed by atoms with Crippen LogP contribution in [0.25, 0.3) is 4.96 Å². The maximum atomic E-state index is 10.8. The molecule has 0 aliphatic rings. The fourth-order valence-corrected chi connectivity index (χ4v) is 4.14. The average Bonchev–Trinajstić information content (AvgIpc) is 3.21. The number of thiazole rings is 1. The molecule has 0 radical (unpaired) electrons. The highest BCUT2D eigenvalue weighted by Crippen LogP contribution is 2.39. The van der Waals surface area contributed by atoms with E-state index in [9.17, 15) is 10.2 Å². The van der Waals surface area contributed by atoms with Crippen molar-refractivity contribution in [2.75, 3.05) is 26.8 Å². The molecule has 146 valence electrons. The molecular formula is C19H26N4O3S. The van der Waals surface area contributed by atoms with Gasteiger partial charge in [-0.2, -0.15) is 4.52 Å².